The molecule has 3 atom stereocenters. The summed E-state index contributed by atoms with van der Waals surface area (Å²) in [5.41, 5.74) is 0.160. The van der Waals surface area contributed by atoms with Crippen LogP contribution in [0.1, 0.15) is 45.8 Å². The number of nitrogens with one attached hydrogen (secondary N) is 1. The van der Waals surface area contributed by atoms with Crippen molar-refractivity contribution < 1.29 is 19.0 Å². The summed E-state index contributed by atoms with van der Waals surface area (Å²) in [5.74, 6) is -0.324. The smallest absolute Gasteiger partial charge is 0.410 e. The van der Waals surface area contributed by atoms with Gasteiger partial charge in [0.15, 0.2) is 0 Å². The Morgan fingerprint density at radius 3 is 2.58 bits per heavy atom. The van der Waals surface area contributed by atoms with Crippen molar-refractivity contribution in [1.82, 2.24) is 10.2 Å². The predicted molar refractivity (Wildman–Crippen MR) is 90.2 cm³/mol. The van der Waals surface area contributed by atoms with Crippen LogP contribution in [0.4, 0.5) is 9.18 Å². The maximum absolute atomic E-state index is 13.0. The van der Waals surface area contributed by atoms with E-state index in [1.807, 2.05) is 27.7 Å². The van der Waals surface area contributed by atoms with E-state index in [-0.39, 0.29) is 24.0 Å². The third-order valence-corrected chi connectivity index (χ3v) is 4.02. The van der Waals surface area contributed by atoms with Crippen LogP contribution < -0.4 is 5.32 Å². The van der Waals surface area contributed by atoms with Crippen LogP contribution in [-0.2, 0) is 4.74 Å². The summed E-state index contributed by atoms with van der Waals surface area (Å²) >= 11 is 0. The van der Waals surface area contributed by atoms with Gasteiger partial charge in [0.25, 0.3) is 0 Å². The van der Waals surface area contributed by atoms with Gasteiger partial charge in [0, 0.05) is 25.2 Å². The fraction of sp³-hybridized carbons (Fsp3) is 0.611. The fourth-order valence-corrected chi connectivity index (χ4v) is 2.80. The van der Waals surface area contributed by atoms with Crippen molar-refractivity contribution in [3.05, 3.63) is 35.6 Å². The Morgan fingerprint density at radius 1 is 1.38 bits per heavy atom. The number of ether oxygens (including phenoxy) is 1. The lowest BCUT2D eigenvalue weighted by atomic mass is 10.0. The topological polar surface area (TPSA) is 61.8 Å². The summed E-state index contributed by atoms with van der Waals surface area (Å²) in [5, 5.41) is 13.7. The molecule has 1 amide bonds. The summed E-state index contributed by atoms with van der Waals surface area (Å²) in [4.78, 5) is 13.8. The van der Waals surface area contributed by atoms with Crippen molar-refractivity contribution in [3.63, 3.8) is 0 Å². The molecule has 1 fully saturated rings. The second-order valence-corrected chi connectivity index (χ2v) is 7.36. The summed E-state index contributed by atoms with van der Waals surface area (Å²) < 4.78 is 18.3. The molecule has 0 aliphatic carbocycles. The standard InChI is InChI=1S/C18H27FN2O3/c1-12(16(22)13-5-7-14(19)8-6-13)20-15-9-10-21(11-15)17(23)24-18(2,3)4/h5-8,12,15-16,20,22H,9-11H2,1-4H3/t12-,15+,16-/m0/s1. The maximum Gasteiger partial charge on any atom is 0.410 e. The molecule has 1 aromatic carbocycles. The highest BCUT2D eigenvalue weighted by Crippen LogP contribution is 2.20. The van der Waals surface area contributed by atoms with Gasteiger partial charge in [-0.05, 0) is 51.8 Å². The highest BCUT2D eigenvalue weighted by atomic mass is 19.1. The van der Waals surface area contributed by atoms with E-state index in [1.165, 1.54) is 12.1 Å². The molecule has 1 heterocycles. The van der Waals surface area contributed by atoms with Crippen molar-refractivity contribution in [1.29, 1.82) is 0 Å². The number of benzene rings is 1. The molecule has 0 aromatic heterocycles. The van der Waals surface area contributed by atoms with E-state index in [9.17, 15) is 14.3 Å². The normalized spacial score (nSPS) is 20.8. The van der Waals surface area contributed by atoms with Crippen molar-refractivity contribution in [2.24, 2.45) is 0 Å². The zero-order chi connectivity index (χ0) is 17.9. The molecule has 134 valence electrons. The molecule has 1 saturated heterocycles. The van der Waals surface area contributed by atoms with Gasteiger partial charge in [-0.25, -0.2) is 9.18 Å². The molecule has 0 bridgehead atoms. The monoisotopic (exact) mass is 338 g/mol. The SMILES string of the molecule is C[C@H](N[C@@H]1CCN(C(=O)OC(C)(C)C)C1)[C@H](O)c1ccc(F)cc1. The molecular formula is C18H27FN2O3. The Kier molecular flexibility index (Phi) is 5.83. The Hall–Kier alpha value is -1.66. The second kappa shape index (κ2) is 7.49. The first-order valence-corrected chi connectivity index (χ1v) is 8.33. The molecule has 1 aliphatic heterocycles. The molecule has 0 radical (unpaired) electrons. The Labute approximate surface area is 142 Å². The average Bonchev–Trinajstić information content (AvgIpc) is 2.94. The maximum atomic E-state index is 13.0. The average molecular weight is 338 g/mol. The molecule has 24 heavy (non-hydrogen) atoms. The molecular weight excluding hydrogens is 311 g/mol. The Morgan fingerprint density at radius 2 is 2.00 bits per heavy atom. The van der Waals surface area contributed by atoms with E-state index in [0.717, 1.165) is 6.42 Å². The number of aliphatic hydroxyl groups is 1. The summed E-state index contributed by atoms with van der Waals surface area (Å²) in [6.45, 7) is 8.60. The van der Waals surface area contributed by atoms with Crippen LogP contribution in [0.15, 0.2) is 24.3 Å². The van der Waals surface area contributed by atoms with Crippen molar-refractivity contribution in [3.8, 4) is 0 Å². The van der Waals surface area contributed by atoms with E-state index >= 15 is 0 Å². The Balaban J connectivity index is 1.86. The highest BCUT2D eigenvalue weighted by molar-refractivity contribution is 5.68. The Bertz CT molecular complexity index is 556. The summed E-state index contributed by atoms with van der Waals surface area (Å²) in [6, 6.07) is 5.73. The summed E-state index contributed by atoms with van der Waals surface area (Å²) in [7, 11) is 0. The van der Waals surface area contributed by atoms with E-state index in [1.54, 1.807) is 17.0 Å². The molecule has 0 saturated carbocycles. The number of aliphatic hydroxyl groups excluding tert-OH is 1. The van der Waals surface area contributed by atoms with E-state index in [2.05, 4.69) is 5.32 Å². The van der Waals surface area contributed by atoms with Crippen molar-refractivity contribution in [2.45, 2.75) is 57.9 Å². The number of likely N-dealkylation sites (tertiary alicyclic amines) is 1. The van der Waals surface area contributed by atoms with Gasteiger partial charge in [-0.1, -0.05) is 12.1 Å². The van der Waals surface area contributed by atoms with E-state index in [0.29, 0.717) is 18.7 Å². The van der Waals surface area contributed by atoms with Crippen LogP contribution in [0, 0.1) is 5.82 Å². The first-order valence-electron chi connectivity index (χ1n) is 8.33. The first-order chi connectivity index (χ1) is 11.2. The number of hydrogen-bond acceptors (Lipinski definition) is 4. The van der Waals surface area contributed by atoms with Gasteiger partial charge in [-0.15, -0.1) is 0 Å². The van der Waals surface area contributed by atoms with Crippen LogP contribution in [0.2, 0.25) is 0 Å². The van der Waals surface area contributed by atoms with Gasteiger partial charge >= 0.3 is 6.09 Å². The first kappa shape index (κ1) is 18.7. The molecule has 6 heteroatoms. The molecule has 0 unspecified atom stereocenters. The van der Waals surface area contributed by atoms with Crippen molar-refractivity contribution in [2.75, 3.05) is 13.1 Å². The van der Waals surface area contributed by atoms with E-state index < -0.39 is 11.7 Å². The van der Waals surface area contributed by atoms with Gasteiger partial charge in [-0.3, -0.25) is 0 Å². The fourth-order valence-electron chi connectivity index (χ4n) is 2.80. The molecule has 1 aromatic rings. The van der Waals surface area contributed by atoms with Gasteiger partial charge in [0.05, 0.1) is 6.10 Å². The molecule has 2 N–H and O–H groups in total. The minimum Gasteiger partial charge on any atom is -0.444 e. The summed E-state index contributed by atoms with van der Waals surface area (Å²) in [6.07, 6.45) is -0.237. The number of hydrogen-bond donors (Lipinski definition) is 2. The van der Waals surface area contributed by atoms with Crippen LogP contribution in [0.3, 0.4) is 0 Å². The number of nitrogens with zero attached hydrogens (tertiary/aromatic N) is 1. The van der Waals surface area contributed by atoms with Crippen LogP contribution in [0.5, 0.6) is 0 Å². The van der Waals surface area contributed by atoms with Gasteiger partial charge in [-0.2, -0.15) is 0 Å². The van der Waals surface area contributed by atoms with Gasteiger partial charge in [0.1, 0.15) is 11.4 Å². The van der Waals surface area contributed by atoms with Crippen LogP contribution in [0.25, 0.3) is 0 Å². The lowest BCUT2D eigenvalue weighted by Crippen LogP contribution is -2.43. The predicted octanol–water partition coefficient (Wildman–Crippen LogP) is 2.85. The largest absolute Gasteiger partial charge is 0.444 e. The zero-order valence-corrected chi connectivity index (χ0v) is 14.8. The highest BCUT2D eigenvalue weighted by Gasteiger charge is 2.31. The zero-order valence-electron chi connectivity index (χ0n) is 14.8. The number of rotatable bonds is 4. The third kappa shape index (κ3) is 5.18. The van der Waals surface area contributed by atoms with E-state index in [4.69, 9.17) is 4.74 Å². The van der Waals surface area contributed by atoms with Gasteiger partial charge in [0.2, 0.25) is 0 Å². The lowest BCUT2D eigenvalue weighted by molar-refractivity contribution is 0.0289. The quantitative estimate of drug-likeness (QED) is 0.886. The minimum atomic E-state index is -0.735. The van der Waals surface area contributed by atoms with Gasteiger partial charge < -0.3 is 20.1 Å². The third-order valence-electron chi connectivity index (χ3n) is 4.02. The number of halogens is 1. The molecule has 2 rings (SSSR count). The van der Waals surface area contributed by atoms with Crippen LogP contribution >= 0.6 is 0 Å². The second-order valence-electron chi connectivity index (χ2n) is 7.36. The number of carbonyl (C=O) groups is 1. The number of carbonyl (C=O) groups excluding carboxylic acids is 1. The molecule has 1 aliphatic rings. The van der Waals surface area contributed by atoms with Crippen molar-refractivity contribution >= 4 is 6.09 Å². The molecule has 0 spiro atoms. The lowest BCUT2D eigenvalue weighted by Gasteiger charge is -2.26. The number of amides is 1. The minimum absolute atomic E-state index is 0.0996. The van der Waals surface area contributed by atoms with Crippen LogP contribution in [-0.4, -0.2) is 46.9 Å². The molecule has 5 nitrogen and oxygen atoms in total.